The molecular weight excluding hydrogens is 382 g/mol. The standard InChI is InChI=1S/C22H23N5O3/c1-3-26-11-16-19(12-26)29-7-6-27(16)22-25-21-18(30-22)5-4-15(24-21)20-13(2)8-14(10-23)9-17(20)28/h4-5,8-9,16,19,28H,3,6-7,11-12H2,1-2H3/t16-,19-/m1/s1. The highest BCUT2D eigenvalue weighted by Gasteiger charge is 2.41. The second kappa shape index (κ2) is 7.27. The number of nitriles is 1. The van der Waals surface area contributed by atoms with Crippen molar-refractivity contribution in [2.75, 3.05) is 37.7 Å². The molecule has 0 amide bonds. The van der Waals surface area contributed by atoms with Gasteiger partial charge in [0.25, 0.3) is 6.01 Å². The Labute approximate surface area is 174 Å². The third-order valence-corrected chi connectivity index (χ3v) is 6.01. The van der Waals surface area contributed by atoms with Gasteiger partial charge < -0.3 is 19.2 Å². The highest BCUT2D eigenvalue weighted by Crippen LogP contribution is 2.35. The predicted octanol–water partition coefficient (Wildman–Crippen LogP) is 2.68. The summed E-state index contributed by atoms with van der Waals surface area (Å²) < 4.78 is 12.0. The summed E-state index contributed by atoms with van der Waals surface area (Å²) in [5, 5.41) is 19.5. The fraction of sp³-hybridized carbons (Fsp3) is 0.409. The Balaban J connectivity index is 1.50. The molecule has 154 valence electrons. The van der Waals surface area contributed by atoms with Crippen LogP contribution in [0.15, 0.2) is 28.7 Å². The van der Waals surface area contributed by atoms with Crippen LogP contribution in [0.3, 0.4) is 0 Å². The zero-order valence-electron chi connectivity index (χ0n) is 17.0. The molecule has 1 N–H and O–H groups in total. The van der Waals surface area contributed by atoms with Gasteiger partial charge in [-0.05, 0) is 43.3 Å². The molecule has 0 saturated carbocycles. The molecule has 0 aliphatic carbocycles. The summed E-state index contributed by atoms with van der Waals surface area (Å²) in [7, 11) is 0. The van der Waals surface area contributed by atoms with Gasteiger partial charge in [-0.15, -0.1) is 0 Å². The van der Waals surface area contributed by atoms with Gasteiger partial charge in [0.05, 0.1) is 36.1 Å². The Bertz CT molecular complexity index is 1130. The number of hydrogen-bond donors (Lipinski definition) is 1. The third-order valence-electron chi connectivity index (χ3n) is 6.01. The smallest absolute Gasteiger partial charge is 0.300 e. The lowest BCUT2D eigenvalue weighted by Crippen LogP contribution is -2.51. The van der Waals surface area contributed by atoms with Crippen molar-refractivity contribution >= 4 is 17.2 Å². The van der Waals surface area contributed by atoms with E-state index in [2.05, 4.69) is 32.8 Å². The van der Waals surface area contributed by atoms with Crippen molar-refractivity contribution in [3.05, 3.63) is 35.4 Å². The van der Waals surface area contributed by atoms with Gasteiger partial charge in [0.15, 0.2) is 5.58 Å². The van der Waals surface area contributed by atoms with Crippen LogP contribution in [0, 0.1) is 18.3 Å². The first-order valence-corrected chi connectivity index (χ1v) is 10.2. The fourth-order valence-corrected chi connectivity index (χ4v) is 4.50. The van der Waals surface area contributed by atoms with E-state index in [4.69, 9.17) is 14.4 Å². The van der Waals surface area contributed by atoms with E-state index in [1.807, 2.05) is 19.1 Å². The summed E-state index contributed by atoms with van der Waals surface area (Å²) in [6.45, 7) is 8.24. The summed E-state index contributed by atoms with van der Waals surface area (Å²) in [5.41, 5.74) is 3.50. The number of ether oxygens (including phenoxy) is 1. The molecule has 0 unspecified atom stereocenters. The van der Waals surface area contributed by atoms with Gasteiger partial charge >= 0.3 is 0 Å². The number of morpholine rings is 1. The van der Waals surface area contributed by atoms with Gasteiger partial charge in [-0.25, -0.2) is 4.98 Å². The Morgan fingerprint density at radius 1 is 1.27 bits per heavy atom. The zero-order valence-corrected chi connectivity index (χ0v) is 17.0. The number of likely N-dealkylation sites (tertiary alicyclic amines) is 1. The molecule has 2 saturated heterocycles. The van der Waals surface area contributed by atoms with E-state index in [0.717, 1.165) is 31.7 Å². The van der Waals surface area contributed by atoms with Crippen LogP contribution in [-0.2, 0) is 4.74 Å². The van der Waals surface area contributed by atoms with Crippen molar-refractivity contribution in [3.8, 4) is 23.1 Å². The molecule has 2 atom stereocenters. The van der Waals surface area contributed by atoms with Gasteiger partial charge in [0, 0.05) is 25.2 Å². The van der Waals surface area contributed by atoms with E-state index >= 15 is 0 Å². The minimum Gasteiger partial charge on any atom is -0.507 e. The van der Waals surface area contributed by atoms with Gasteiger partial charge in [0.2, 0.25) is 5.65 Å². The molecule has 5 rings (SSSR count). The number of oxazole rings is 1. The summed E-state index contributed by atoms with van der Waals surface area (Å²) >= 11 is 0. The monoisotopic (exact) mass is 405 g/mol. The predicted molar refractivity (Wildman–Crippen MR) is 111 cm³/mol. The van der Waals surface area contributed by atoms with Crippen molar-refractivity contribution in [1.29, 1.82) is 5.26 Å². The van der Waals surface area contributed by atoms with E-state index in [0.29, 0.717) is 40.7 Å². The SMILES string of the molecule is CCN1C[C@@H]2[C@@H](C1)OCCN2c1nc2nc(-c3c(C)cc(C#N)cc3O)ccc2o1. The molecule has 8 nitrogen and oxygen atoms in total. The Morgan fingerprint density at radius 2 is 2.13 bits per heavy atom. The first-order valence-electron chi connectivity index (χ1n) is 10.2. The molecule has 2 aliphatic heterocycles. The van der Waals surface area contributed by atoms with Gasteiger partial charge in [-0.1, -0.05) is 6.92 Å². The Hall–Kier alpha value is -3.15. The molecule has 30 heavy (non-hydrogen) atoms. The van der Waals surface area contributed by atoms with Gasteiger partial charge in [-0.3, -0.25) is 4.90 Å². The van der Waals surface area contributed by atoms with E-state index in [1.54, 1.807) is 6.07 Å². The molecule has 2 aliphatic rings. The zero-order chi connectivity index (χ0) is 20.8. The van der Waals surface area contributed by atoms with Crippen molar-refractivity contribution < 1.29 is 14.3 Å². The highest BCUT2D eigenvalue weighted by atomic mass is 16.5. The third kappa shape index (κ3) is 3.07. The number of aromatic hydroxyl groups is 1. The number of rotatable bonds is 3. The van der Waals surface area contributed by atoms with Crippen LogP contribution in [0.5, 0.6) is 5.75 Å². The Morgan fingerprint density at radius 3 is 2.90 bits per heavy atom. The van der Waals surface area contributed by atoms with Crippen molar-refractivity contribution in [2.45, 2.75) is 26.0 Å². The van der Waals surface area contributed by atoms with Gasteiger partial charge in [-0.2, -0.15) is 10.2 Å². The first-order chi connectivity index (χ1) is 14.6. The molecule has 1 aromatic carbocycles. The number of anilines is 1. The summed E-state index contributed by atoms with van der Waals surface area (Å²) in [6, 6.07) is 9.67. The molecule has 0 bridgehead atoms. The lowest BCUT2D eigenvalue weighted by Gasteiger charge is -2.35. The van der Waals surface area contributed by atoms with E-state index in [1.165, 1.54) is 6.07 Å². The second-order valence-corrected chi connectivity index (χ2v) is 7.84. The van der Waals surface area contributed by atoms with Crippen LogP contribution in [0.4, 0.5) is 6.01 Å². The number of aryl methyl sites for hydroxylation is 1. The topological polar surface area (TPSA) is 98.7 Å². The Kier molecular flexibility index (Phi) is 4.57. The first kappa shape index (κ1) is 18.9. The fourth-order valence-electron chi connectivity index (χ4n) is 4.50. The maximum atomic E-state index is 10.4. The van der Waals surface area contributed by atoms with Gasteiger partial charge in [0.1, 0.15) is 5.75 Å². The van der Waals surface area contributed by atoms with Crippen molar-refractivity contribution in [1.82, 2.24) is 14.9 Å². The number of fused-ring (bicyclic) bond motifs is 2. The lowest BCUT2D eigenvalue weighted by molar-refractivity contribution is 0.0293. The van der Waals surface area contributed by atoms with Crippen LogP contribution in [0.1, 0.15) is 18.1 Å². The molecular formula is C22H23N5O3. The number of hydrogen-bond acceptors (Lipinski definition) is 8. The van der Waals surface area contributed by atoms with Crippen LogP contribution in [0.25, 0.3) is 22.5 Å². The van der Waals surface area contributed by atoms with Crippen LogP contribution < -0.4 is 4.90 Å². The van der Waals surface area contributed by atoms with Crippen LogP contribution in [0.2, 0.25) is 0 Å². The van der Waals surface area contributed by atoms with E-state index in [9.17, 15) is 5.11 Å². The number of nitrogens with zero attached hydrogens (tertiary/aromatic N) is 5. The van der Waals surface area contributed by atoms with Crippen LogP contribution >= 0.6 is 0 Å². The molecule has 4 heterocycles. The highest BCUT2D eigenvalue weighted by molar-refractivity contribution is 5.79. The second-order valence-electron chi connectivity index (χ2n) is 7.84. The summed E-state index contributed by atoms with van der Waals surface area (Å²) in [6.07, 6.45) is 0.162. The largest absolute Gasteiger partial charge is 0.507 e. The average Bonchev–Trinajstić information content (AvgIpc) is 3.36. The molecule has 8 heteroatoms. The number of benzene rings is 1. The van der Waals surface area contributed by atoms with Crippen LogP contribution in [-0.4, -0.2) is 64.9 Å². The summed E-state index contributed by atoms with van der Waals surface area (Å²) in [4.78, 5) is 13.9. The lowest BCUT2D eigenvalue weighted by atomic mass is 10.0. The van der Waals surface area contributed by atoms with Crippen molar-refractivity contribution in [2.24, 2.45) is 0 Å². The molecule has 3 aromatic rings. The quantitative estimate of drug-likeness (QED) is 0.710. The molecule has 2 fully saturated rings. The van der Waals surface area contributed by atoms with Crippen molar-refractivity contribution in [3.63, 3.8) is 0 Å². The maximum Gasteiger partial charge on any atom is 0.300 e. The maximum absolute atomic E-state index is 10.4. The number of likely N-dealkylation sites (N-methyl/N-ethyl adjacent to an activating group) is 1. The average molecular weight is 405 g/mol. The number of phenolic OH excluding ortho intramolecular Hbond substituents is 1. The number of pyridine rings is 1. The molecule has 2 aromatic heterocycles. The molecule has 0 spiro atoms. The van der Waals surface area contributed by atoms with E-state index in [-0.39, 0.29) is 17.9 Å². The minimum absolute atomic E-state index is 0.0313. The summed E-state index contributed by atoms with van der Waals surface area (Å²) in [5.74, 6) is 0.0313. The normalized spacial score (nSPS) is 21.7. The molecule has 0 radical (unpaired) electrons. The van der Waals surface area contributed by atoms with E-state index < -0.39 is 0 Å². The number of aromatic nitrogens is 2. The minimum atomic E-state index is 0.0313. The number of phenols is 1.